The lowest BCUT2D eigenvalue weighted by molar-refractivity contribution is -0.139. The number of alkyl halides is 3. The maximum absolute atomic E-state index is 13.7. The Labute approximate surface area is 203 Å². The van der Waals surface area contributed by atoms with Crippen LogP contribution in [0.4, 0.5) is 23.8 Å². The van der Waals surface area contributed by atoms with Crippen LogP contribution in [0.25, 0.3) is 11.1 Å². The lowest BCUT2D eigenvalue weighted by atomic mass is 10.0. The lowest BCUT2D eigenvalue weighted by Crippen LogP contribution is -2.46. The van der Waals surface area contributed by atoms with Crippen LogP contribution in [0.15, 0.2) is 41.4 Å². The molecule has 1 aromatic heterocycles. The summed E-state index contributed by atoms with van der Waals surface area (Å²) >= 11 is 1.21. The van der Waals surface area contributed by atoms with Crippen LogP contribution in [0.2, 0.25) is 0 Å². The highest BCUT2D eigenvalue weighted by molar-refractivity contribution is 8.00. The Morgan fingerprint density at radius 2 is 1.76 bits per heavy atom. The van der Waals surface area contributed by atoms with Gasteiger partial charge in [-0.1, -0.05) is 19.9 Å². The van der Waals surface area contributed by atoms with Crippen LogP contribution in [0.3, 0.4) is 0 Å². The molecule has 9 heteroatoms. The summed E-state index contributed by atoms with van der Waals surface area (Å²) in [5.41, 5.74) is 0.0274. The second-order valence-corrected chi connectivity index (χ2v) is 11.3. The van der Waals surface area contributed by atoms with Crippen molar-refractivity contribution in [3.05, 3.63) is 42.1 Å². The molecule has 1 N–H and O–H groups in total. The largest absolute Gasteiger partial charge is 0.444 e. The van der Waals surface area contributed by atoms with Gasteiger partial charge in [0, 0.05) is 35.5 Å². The molecule has 2 heterocycles. The zero-order chi connectivity index (χ0) is 25.1. The van der Waals surface area contributed by atoms with Gasteiger partial charge in [-0.3, -0.25) is 0 Å². The van der Waals surface area contributed by atoms with Crippen LogP contribution >= 0.6 is 11.8 Å². The Morgan fingerprint density at radius 3 is 2.35 bits per heavy atom. The van der Waals surface area contributed by atoms with E-state index in [0.29, 0.717) is 30.0 Å². The summed E-state index contributed by atoms with van der Waals surface area (Å²) in [6.45, 7) is 10.6. The second-order valence-electron chi connectivity index (χ2n) is 9.69. The van der Waals surface area contributed by atoms with Crippen LogP contribution in [-0.2, 0) is 10.9 Å². The van der Waals surface area contributed by atoms with Crippen molar-refractivity contribution in [1.29, 1.82) is 0 Å². The molecule has 1 saturated heterocycles. The summed E-state index contributed by atoms with van der Waals surface area (Å²) in [5.74, 6) is 0.711. The molecule has 5 nitrogen and oxygen atoms in total. The summed E-state index contributed by atoms with van der Waals surface area (Å²) < 4.78 is 46.5. The van der Waals surface area contributed by atoms with Crippen molar-refractivity contribution in [1.82, 2.24) is 10.3 Å². The number of thioether (sulfide) groups is 1. The molecule has 1 amide bonds. The van der Waals surface area contributed by atoms with Gasteiger partial charge in [-0.25, -0.2) is 9.78 Å². The molecular formula is C25H32F3N3O2S. The number of carbonyl (C=O) groups excluding carboxylic acids is 1. The molecule has 1 aromatic carbocycles. The first-order valence-electron chi connectivity index (χ1n) is 11.4. The van der Waals surface area contributed by atoms with Crippen LogP contribution in [0, 0.1) is 0 Å². The molecule has 0 spiro atoms. The van der Waals surface area contributed by atoms with E-state index in [9.17, 15) is 18.0 Å². The number of ether oxygens (including phenoxy) is 1. The van der Waals surface area contributed by atoms with Crippen molar-refractivity contribution in [3.8, 4) is 11.1 Å². The number of anilines is 1. The summed E-state index contributed by atoms with van der Waals surface area (Å²) in [6, 6.07) is 8.07. The predicted octanol–water partition coefficient (Wildman–Crippen LogP) is 6.76. The molecule has 0 aliphatic carbocycles. The van der Waals surface area contributed by atoms with Crippen molar-refractivity contribution in [2.75, 3.05) is 18.0 Å². The highest BCUT2D eigenvalue weighted by Gasteiger charge is 2.34. The van der Waals surface area contributed by atoms with Gasteiger partial charge in [-0.2, -0.15) is 13.2 Å². The smallest absolute Gasteiger partial charge is 0.417 e. The minimum absolute atomic E-state index is 0.00891. The number of halogens is 3. The molecule has 0 saturated carbocycles. The number of hydrogen-bond donors (Lipinski definition) is 1. The third-order valence-corrected chi connectivity index (χ3v) is 6.35. The van der Waals surface area contributed by atoms with Crippen LogP contribution in [0.1, 0.15) is 53.0 Å². The van der Waals surface area contributed by atoms with Crippen molar-refractivity contribution in [2.24, 2.45) is 0 Å². The molecule has 0 bridgehead atoms. The fourth-order valence-corrected chi connectivity index (χ4v) is 4.74. The number of nitrogens with one attached hydrogen (secondary N) is 1. The van der Waals surface area contributed by atoms with E-state index in [1.807, 2.05) is 40.7 Å². The number of hydrogen-bond acceptors (Lipinski definition) is 5. The molecule has 1 aliphatic rings. The van der Waals surface area contributed by atoms with Crippen molar-refractivity contribution >= 4 is 23.7 Å². The number of alkyl carbamates (subject to hydrolysis) is 1. The molecule has 2 aromatic rings. The van der Waals surface area contributed by atoms with E-state index in [1.54, 1.807) is 24.4 Å². The van der Waals surface area contributed by atoms with E-state index >= 15 is 0 Å². The Morgan fingerprint density at radius 1 is 1.12 bits per heavy atom. The highest BCUT2D eigenvalue weighted by atomic mass is 32.2. The Bertz CT molecular complexity index is 998. The van der Waals surface area contributed by atoms with E-state index in [4.69, 9.17) is 4.74 Å². The Hall–Kier alpha value is -2.42. The van der Waals surface area contributed by atoms with Crippen LogP contribution in [-0.4, -0.2) is 41.1 Å². The summed E-state index contributed by atoms with van der Waals surface area (Å²) in [6.07, 6.45) is -1.77. The molecule has 0 atom stereocenters. The number of rotatable bonds is 5. The van der Waals surface area contributed by atoms with E-state index in [2.05, 4.69) is 15.2 Å². The van der Waals surface area contributed by atoms with Crippen LogP contribution < -0.4 is 10.2 Å². The number of piperidine rings is 1. The third-order valence-electron chi connectivity index (χ3n) is 5.27. The maximum atomic E-state index is 13.7. The fourth-order valence-electron chi connectivity index (χ4n) is 3.79. The minimum atomic E-state index is -4.42. The van der Waals surface area contributed by atoms with Gasteiger partial charge >= 0.3 is 12.3 Å². The molecule has 3 rings (SSSR count). The van der Waals surface area contributed by atoms with Crippen molar-refractivity contribution in [2.45, 2.75) is 75.4 Å². The van der Waals surface area contributed by atoms with Gasteiger partial charge in [0.05, 0.1) is 5.56 Å². The lowest BCUT2D eigenvalue weighted by Gasteiger charge is -2.33. The minimum Gasteiger partial charge on any atom is -0.444 e. The zero-order valence-corrected chi connectivity index (χ0v) is 21.0. The zero-order valence-electron chi connectivity index (χ0n) is 20.2. The predicted molar refractivity (Wildman–Crippen MR) is 130 cm³/mol. The summed E-state index contributed by atoms with van der Waals surface area (Å²) in [5, 5.41) is 2.96. The topological polar surface area (TPSA) is 54.5 Å². The first-order valence-corrected chi connectivity index (χ1v) is 12.3. The quantitative estimate of drug-likeness (QED) is 0.465. The summed E-state index contributed by atoms with van der Waals surface area (Å²) in [7, 11) is 0. The molecule has 1 fully saturated rings. The average molecular weight is 496 g/mol. The van der Waals surface area contributed by atoms with Gasteiger partial charge < -0.3 is 15.0 Å². The molecular weight excluding hydrogens is 463 g/mol. The number of benzene rings is 1. The van der Waals surface area contributed by atoms with Gasteiger partial charge in [-0.15, -0.1) is 11.8 Å². The summed E-state index contributed by atoms with van der Waals surface area (Å²) in [4.78, 5) is 18.8. The van der Waals surface area contributed by atoms with Gasteiger partial charge in [0.15, 0.2) is 0 Å². The fraction of sp³-hybridized carbons (Fsp3) is 0.520. The third kappa shape index (κ3) is 7.29. The maximum Gasteiger partial charge on any atom is 0.417 e. The van der Waals surface area contributed by atoms with E-state index in [0.717, 1.165) is 12.8 Å². The van der Waals surface area contributed by atoms with Gasteiger partial charge in [0.25, 0.3) is 0 Å². The molecule has 0 radical (unpaired) electrons. The molecule has 0 unspecified atom stereocenters. The van der Waals surface area contributed by atoms with Gasteiger partial charge in [-0.05, 0) is 69.0 Å². The average Bonchev–Trinajstić information content (AvgIpc) is 2.72. The van der Waals surface area contributed by atoms with Gasteiger partial charge in [0.1, 0.15) is 11.4 Å². The number of aromatic nitrogens is 1. The van der Waals surface area contributed by atoms with Gasteiger partial charge in [0.2, 0.25) is 0 Å². The second kappa shape index (κ2) is 10.5. The van der Waals surface area contributed by atoms with E-state index < -0.39 is 23.4 Å². The first kappa shape index (κ1) is 26.2. The Kier molecular flexibility index (Phi) is 8.06. The molecule has 186 valence electrons. The molecule has 34 heavy (non-hydrogen) atoms. The standard InChI is InChI=1S/C25H32F3N3O2S/c1-16(2)34-21-7-6-17(14-20(21)25(26,27)28)18-8-11-29-22(15-18)31-12-9-19(10-13-31)30-23(32)33-24(3,4)5/h6-8,11,14-16,19H,9-10,12-13H2,1-5H3,(H,30,32). The number of nitrogens with zero attached hydrogens (tertiary/aromatic N) is 2. The van der Waals surface area contributed by atoms with E-state index in [-0.39, 0.29) is 16.2 Å². The van der Waals surface area contributed by atoms with E-state index in [1.165, 1.54) is 17.8 Å². The normalized spacial score (nSPS) is 15.5. The molecule has 1 aliphatic heterocycles. The van der Waals surface area contributed by atoms with Crippen molar-refractivity contribution in [3.63, 3.8) is 0 Å². The monoisotopic (exact) mass is 495 g/mol. The SMILES string of the molecule is CC(C)Sc1ccc(-c2ccnc(N3CCC(NC(=O)OC(C)(C)C)CC3)c2)cc1C(F)(F)F. The Balaban J connectivity index is 1.72. The van der Waals surface area contributed by atoms with Crippen molar-refractivity contribution < 1.29 is 22.7 Å². The number of carbonyl (C=O) groups is 1. The highest BCUT2D eigenvalue weighted by Crippen LogP contribution is 2.40. The number of pyridine rings is 1. The first-order chi connectivity index (χ1) is 15.8. The van der Waals surface area contributed by atoms with Crippen LogP contribution in [0.5, 0.6) is 0 Å². The number of amides is 1.